The lowest BCUT2D eigenvalue weighted by Gasteiger charge is -2.22. The van der Waals surface area contributed by atoms with Crippen molar-refractivity contribution in [2.75, 3.05) is 13.2 Å². The van der Waals surface area contributed by atoms with E-state index in [4.69, 9.17) is 9.84 Å². The summed E-state index contributed by atoms with van der Waals surface area (Å²) in [6.07, 6.45) is 2.14. The second kappa shape index (κ2) is 7.57. The Labute approximate surface area is 139 Å². The number of rotatable bonds is 5. The maximum Gasteiger partial charge on any atom is 0.410 e. The molecule has 6 heteroatoms. The largest absolute Gasteiger partial charge is 0.445 e. The standard InChI is InChI=1S/C17H20N2O3S/c20-10-8-14-12-23-16(18-14)15-7-4-9-19(15)17(21)22-11-13-5-2-1-3-6-13/h1-3,5-6,12,15,20H,4,7-11H2. The van der Waals surface area contributed by atoms with E-state index in [2.05, 4.69) is 4.98 Å². The van der Waals surface area contributed by atoms with Crippen molar-refractivity contribution >= 4 is 17.4 Å². The number of aromatic nitrogens is 1. The van der Waals surface area contributed by atoms with Crippen LogP contribution in [0.2, 0.25) is 0 Å². The van der Waals surface area contributed by atoms with Crippen LogP contribution in [-0.4, -0.2) is 34.2 Å². The van der Waals surface area contributed by atoms with Gasteiger partial charge in [-0.25, -0.2) is 9.78 Å². The highest BCUT2D eigenvalue weighted by atomic mass is 32.1. The van der Waals surface area contributed by atoms with E-state index in [0.717, 1.165) is 29.1 Å². The van der Waals surface area contributed by atoms with Gasteiger partial charge in [-0.15, -0.1) is 11.3 Å². The van der Waals surface area contributed by atoms with Crippen molar-refractivity contribution in [3.8, 4) is 0 Å². The van der Waals surface area contributed by atoms with E-state index >= 15 is 0 Å². The summed E-state index contributed by atoms with van der Waals surface area (Å²) in [5.74, 6) is 0. The quantitative estimate of drug-likeness (QED) is 0.913. The lowest BCUT2D eigenvalue weighted by molar-refractivity contribution is 0.0920. The molecule has 1 fully saturated rings. The highest BCUT2D eigenvalue weighted by molar-refractivity contribution is 7.09. The van der Waals surface area contributed by atoms with E-state index in [-0.39, 0.29) is 25.3 Å². The summed E-state index contributed by atoms with van der Waals surface area (Å²) in [7, 11) is 0. The van der Waals surface area contributed by atoms with Crippen LogP contribution in [0.1, 0.15) is 35.1 Å². The third-order valence-electron chi connectivity index (χ3n) is 3.91. The van der Waals surface area contributed by atoms with Crippen LogP contribution in [0.3, 0.4) is 0 Å². The number of aliphatic hydroxyl groups excluding tert-OH is 1. The molecule has 0 radical (unpaired) electrons. The smallest absolute Gasteiger partial charge is 0.410 e. The molecular formula is C17H20N2O3S. The maximum absolute atomic E-state index is 12.4. The van der Waals surface area contributed by atoms with Crippen molar-refractivity contribution in [2.24, 2.45) is 0 Å². The molecular weight excluding hydrogens is 312 g/mol. The molecule has 122 valence electrons. The number of hydrogen-bond donors (Lipinski definition) is 1. The molecule has 1 amide bonds. The monoisotopic (exact) mass is 332 g/mol. The Morgan fingerprint density at radius 2 is 2.22 bits per heavy atom. The van der Waals surface area contributed by atoms with Gasteiger partial charge in [0.15, 0.2) is 0 Å². The van der Waals surface area contributed by atoms with Gasteiger partial charge in [0.2, 0.25) is 0 Å². The van der Waals surface area contributed by atoms with Gasteiger partial charge in [-0.2, -0.15) is 0 Å². The Balaban J connectivity index is 1.62. The van der Waals surface area contributed by atoms with Crippen LogP contribution in [0.25, 0.3) is 0 Å². The maximum atomic E-state index is 12.4. The van der Waals surface area contributed by atoms with E-state index in [1.165, 1.54) is 0 Å². The minimum absolute atomic E-state index is 0.00397. The fraction of sp³-hybridized carbons (Fsp3) is 0.412. The summed E-state index contributed by atoms with van der Waals surface area (Å²) in [6, 6.07) is 9.68. The number of carbonyl (C=O) groups excluding carboxylic acids is 1. The van der Waals surface area contributed by atoms with Crippen LogP contribution in [0, 0.1) is 0 Å². The van der Waals surface area contributed by atoms with Gasteiger partial charge in [-0.1, -0.05) is 30.3 Å². The fourth-order valence-electron chi connectivity index (χ4n) is 2.75. The highest BCUT2D eigenvalue weighted by Crippen LogP contribution is 2.34. The predicted octanol–water partition coefficient (Wildman–Crippen LogP) is 3.15. The Hall–Kier alpha value is -1.92. The molecule has 1 aromatic heterocycles. The number of benzene rings is 1. The zero-order valence-electron chi connectivity index (χ0n) is 12.9. The molecule has 1 aliphatic heterocycles. The first-order chi connectivity index (χ1) is 11.3. The Morgan fingerprint density at radius 1 is 1.39 bits per heavy atom. The van der Waals surface area contributed by atoms with Crippen LogP contribution < -0.4 is 0 Å². The number of likely N-dealkylation sites (tertiary alicyclic amines) is 1. The van der Waals surface area contributed by atoms with Gasteiger partial charge in [0.25, 0.3) is 0 Å². The molecule has 0 bridgehead atoms. The minimum Gasteiger partial charge on any atom is -0.445 e. The molecule has 0 aliphatic carbocycles. The van der Waals surface area contributed by atoms with Gasteiger partial charge in [-0.05, 0) is 18.4 Å². The number of nitrogens with zero attached hydrogens (tertiary/aromatic N) is 2. The highest BCUT2D eigenvalue weighted by Gasteiger charge is 2.33. The number of thiazole rings is 1. The zero-order valence-corrected chi connectivity index (χ0v) is 13.7. The Kier molecular flexibility index (Phi) is 5.25. The second-order valence-corrected chi connectivity index (χ2v) is 6.43. The Bertz CT molecular complexity index is 644. The summed E-state index contributed by atoms with van der Waals surface area (Å²) in [5, 5.41) is 11.9. The van der Waals surface area contributed by atoms with E-state index in [1.807, 2.05) is 35.7 Å². The molecule has 1 unspecified atom stereocenters. The summed E-state index contributed by atoms with van der Waals surface area (Å²) in [6.45, 7) is 1.08. The molecule has 1 N–H and O–H groups in total. The van der Waals surface area contributed by atoms with E-state index in [1.54, 1.807) is 16.2 Å². The first kappa shape index (κ1) is 16.0. The number of amides is 1. The van der Waals surface area contributed by atoms with Crippen LogP contribution in [0.5, 0.6) is 0 Å². The summed E-state index contributed by atoms with van der Waals surface area (Å²) in [4.78, 5) is 18.7. The van der Waals surface area contributed by atoms with Crippen LogP contribution in [0.15, 0.2) is 35.7 Å². The number of aliphatic hydroxyl groups is 1. The lowest BCUT2D eigenvalue weighted by atomic mass is 10.2. The van der Waals surface area contributed by atoms with E-state index < -0.39 is 0 Å². The van der Waals surface area contributed by atoms with Gasteiger partial charge in [0, 0.05) is 25.0 Å². The molecule has 1 atom stereocenters. The van der Waals surface area contributed by atoms with Gasteiger partial charge in [0.1, 0.15) is 11.6 Å². The first-order valence-electron chi connectivity index (χ1n) is 7.80. The first-order valence-corrected chi connectivity index (χ1v) is 8.68. The zero-order chi connectivity index (χ0) is 16.1. The van der Waals surface area contributed by atoms with Crippen molar-refractivity contribution < 1.29 is 14.6 Å². The van der Waals surface area contributed by atoms with Gasteiger partial charge < -0.3 is 9.84 Å². The molecule has 23 heavy (non-hydrogen) atoms. The van der Waals surface area contributed by atoms with Crippen molar-refractivity contribution in [3.05, 3.63) is 52.0 Å². The average molecular weight is 332 g/mol. The normalized spacial score (nSPS) is 17.4. The van der Waals surface area contributed by atoms with Crippen molar-refractivity contribution in [3.63, 3.8) is 0 Å². The molecule has 2 aromatic rings. The van der Waals surface area contributed by atoms with Crippen molar-refractivity contribution in [2.45, 2.75) is 31.9 Å². The summed E-state index contributed by atoms with van der Waals surface area (Å²) in [5.41, 5.74) is 1.87. The molecule has 1 aliphatic rings. The Morgan fingerprint density at radius 3 is 3.00 bits per heavy atom. The number of carbonyl (C=O) groups is 1. The molecule has 0 saturated carbocycles. The summed E-state index contributed by atoms with van der Waals surface area (Å²) >= 11 is 1.55. The third-order valence-corrected chi connectivity index (χ3v) is 4.91. The van der Waals surface area contributed by atoms with Crippen molar-refractivity contribution in [1.82, 2.24) is 9.88 Å². The SMILES string of the molecule is O=C(OCc1ccccc1)N1CCCC1c1nc(CCO)cs1. The lowest BCUT2D eigenvalue weighted by Crippen LogP contribution is -2.31. The van der Waals surface area contributed by atoms with Gasteiger partial charge in [-0.3, -0.25) is 4.90 Å². The predicted molar refractivity (Wildman–Crippen MR) is 88.2 cm³/mol. The second-order valence-electron chi connectivity index (χ2n) is 5.54. The number of ether oxygens (including phenoxy) is 1. The van der Waals surface area contributed by atoms with Crippen LogP contribution in [0.4, 0.5) is 4.79 Å². The molecule has 3 rings (SSSR count). The van der Waals surface area contributed by atoms with Crippen molar-refractivity contribution in [1.29, 1.82) is 0 Å². The van der Waals surface area contributed by atoms with Gasteiger partial charge >= 0.3 is 6.09 Å². The van der Waals surface area contributed by atoms with Crippen LogP contribution in [-0.2, 0) is 17.8 Å². The fourth-order valence-corrected chi connectivity index (χ4v) is 3.75. The van der Waals surface area contributed by atoms with Gasteiger partial charge in [0.05, 0.1) is 11.7 Å². The molecule has 0 spiro atoms. The minimum atomic E-state index is -0.282. The third kappa shape index (κ3) is 3.89. The molecule has 1 saturated heterocycles. The van der Waals surface area contributed by atoms with Crippen LogP contribution >= 0.6 is 11.3 Å². The molecule has 5 nitrogen and oxygen atoms in total. The topological polar surface area (TPSA) is 62.7 Å². The molecule has 2 heterocycles. The molecule has 1 aromatic carbocycles. The summed E-state index contributed by atoms with van der Waals surface area (Å²) < 4.78 is 5.44. The average Bonchev–Trinajstić information content (AvgIpc) is 3.22. The number of hydrogen-bond acceptors (Lipinski definition) is 5. The van der Waals surface area contributed by atoms with E-state index in [0.29, 0.717) is 13.0 Å². The van der Waals surface area contributed by atoms with E-state index in [9.17, 15) is 4.79 Å².